The van der Waals surface area contributed by atoms with Crippen LogP contribution < -0.4 is 5.62 Å². The van der Waals surface area contributed by atoms with Crippen molar-refractivity contribution in [3.8, 4) is 29.1 Å². The molecule has 0 saturated heterocycles. The lowest BCUT2D eigenvalue weighted by molar-refractivity contribution is 0.809. The zero-order valence-electron chi connectivity index (χ0n) is 17.9. The van der Waals surface area contributed by atoms with Crippen LogP contribution >= 0.6 is 11.6 Å². The largest absolute Gasteiger partial charge is 0.311 e. The molecule has 5 aromatic rings. The third kappa shape index (κ3) is 3.34. The topological polar surface area (TPSA) is 82.7 Å². The van der Waals surface area contributed by atoms with Crippen molar-refractivity contribution in [3.63, 3.8) is 0 Å². The lowest BCUT2D eigenvalue weighted by atomic mass is 10.0. The first-order valence-corrected chi connectivity index (χ1v) is 10.6. The molecule has 0 aliphatic heterocycles. The maximum Gasteiger partial charge on any atom is 0.226 e. The lowest BCUT2D eigenvalue weighted by Crippen LogP contribution is -2.23. The smallest absolute Gasteiger partial charge is 0.226 e. The van der Waals surface area contributed by atoms with Crippen LogP contribution in [0.1, 0.15) is 11.1 Å². The van der Waals surface area contributed by atoms with Gasteiger partial charge >= 0.3 is 0 Å². The average Bonchev–Trinajstić information content (AvgIpc) is 3.11. The molecule has 0 radical (unpaired) electrons. The Morgan fingerprint density at radius 3 is 2.45 bits per heavy atom. The van der Waals surface area contributed by atoms with Crippen LogP contribution in [0.4, 0.5) is 0 Å². The highest BCUT2D eigenvalue weighted by atomic mass is 35.5. The first kappa shape index (κ1) is 20.5. The number of benzene rings is 3. The third-order valence-electron chi connectivity index (χ3n) is 5.81. The zero-order valence-corrected chi connectivity index (χ0v) is 18.7. The third-order valence-corrected chi connectivity index (χ3v) is 6.06. The minimum atomic E-state index is 0.455. The number of hydrogen-bond donors (Lipinski definition) is 0. The molecule has 0 saturated carbocycles. The van der Waals surface area contributed by atoms with Crippen LogP contribution in [0.5, 0.6) is 0 Å². The van der Waals surface area contributed by atoms with E-state index in [1.807, 2.05) is 77.8 Å². The van der Waals surface area contributed by atoms with E-state index < -0.39 is 0 Å². The van der Waals surface area contributed by atoms with Gasteiger partial charge in [-0.15, -0.1) is 4.99 Å². The van der Waals surface area contributed by atoms with Crippen LogP contribution in [0.15, 0.2) is 71.9 Å². The molecule has 7 heteroatoms. The fourth-order valence-corrected chi connectivity index (χ4v) is 4.27. The molecule has 0 N–H and O–H groups in total. The summed E-state index contributed by atoms with van der Waals surface area (Å²) in [5.74, 6) is 0. The summed E-state index contributed by atoms with van der Waals surface area (Å²) >= 11 is 6.07. The van der Waals surface area contributed by atoms with Gasteiger partial charge in [-0.3, -0.25) is 9.55 Å². The number of aryl methyl sites for hydroxylation is 2. The number of hydrogen-bond acceptors (Lipinski definition) is 4. The Bertz CT molecular complexity index is 1710. The standard InChI is InChI=1S/C26H17ClN6/c1-16-3-4-17(13-28)11-23(16)33-25-21-12-19(18-5-8-20(27)9-6-18)7-10-22(21)30-14-24(25)32(2)26(33)31-15-29/h3-12,14H,1-2H3. The highest BCUT2D eigenvalue weighted by Crippen LogP contribution is 2.31. The Labute approximate surface area is 194 Å². The summed E-state index contributed by atoms with van der Waals surface area (Å²) < 4.78 is 3.78. The minimum absolute atomic E-state index is 0.455. The second-order valence-corrected chi connectivity index (χ2v) is 8.19. The van der Waals surface area contributed by atoms with Gasteiger partial charge in [-0.25, -0.2) is 0 Å². The fourth-order valence-electron chi connectivity index (χ4n) is 4.15. The molecule has 5 rings (SSSR count). The summed E-state index contributed by atoms with van der Waals surface area (Å²) in [5.41, 5.74) is 7.29. The molecule has 0 aliphatic rings. The summed E-state index contributed by atoms with van der Waals surface area (Å²) in [7, 11) is 1.86. The van der Waals surface area contributed by atoms with Crippen LogP contribution in [0.25, 0.3) is 38.8 Å². The maximum absolute atomic E-state index is 9.49. The molecule has 3 aromatic carbocycles. The molecule has 2 aromatic heterocycles. The van der Waals surface area contributed by atoms with E-state index in [1.165, 1.54) is 0 Å². The summed E-state index contributed by atoms with van der Waals surface area (Å²) in [5, 5.41) is 20.5. The van der Waals surface area contributed by atoms with Crippen molar-refractivity contribution in [1.29, 1.82) is 10.5 Å². The van der Waals surface area contributed by atoms with Crippen LogP contribution in [-0.2, 0) is 7.05 Å². The molecule has 0 atom stereocenters. The van der Waals surface area contributed by atoms with Gasteiger partial charge in [0, 0.05) is 17.5 Å². The quantitative estimate of drug-likeness (QED) is 0.339. The molecule has 0 amide bonds. The van der Waals surface area contributed by atoms with E-state index in [4.69, 9.17) is 11.6 Å². The molecule has 2 heterocycles. The van der Waals surface area contributed by atoms with Gasteiger partial charge in [-0.1, -0.05) is 35.9 Å². The predicted molar refractivity (Wildman–Crippen MR) is 129 cm³/mol. The lowest BCUT2D eigenvalue weighted by Gasteiger charge is -2.11. The SMILES string of the molecule is Cc1ccc(C#N)cc1-n1c(=NC#N)n(C)c2cnc3ccc(-c4ccc(Cl)cc4)cc3c21. The van der Waals surface area contributed by atoms with Crippen molar-refractivity contribution >= 4 is 33.5 Å². The van der Waals surface area contributed by atoms with E-state index >= 15 is 0 Å². The summed E-state index contributed by atoms with van der Waals surface area (Å²) in [4.78, 5) is 8.77. The molecule has 0 aliphatic carbocycles. The van der Waals surface area contributed by atoms with Crippen LogP contribution in [0.2, 0.25) is 5.02 Å². The van der Waals surface area contributed by atoms with Crippen molar-refractivity contribution in [2.45, 2.75) is 6.92 Å². The number of halogens is 1. The molecule has 0 spiro atoms. The van der Waals surface area contributed by atoms with Gasteiger partial charge in [0.2, 0.25) is 11.8 Å². The van der Waals surface area contributed by atoms with E-state index in [9.17, 15) is 10.5 Å². The number of aromatic nitrogens is 3. The van der Waals surface area contributed by atoms with Crippen molar-refractivity contribution in [2.75, 3.05) is 0 Å². The predicted octanol–water partition coefficient (Wildman–Crippen LogP) is 5.40. The van der Waals surface area contributed by atoms with Crippen molar-refractivity contribution in [1.82, 2.24) is 14.1 Å². The highest BCUT2D eigenvalue weighted by molar-refractivity contribution is 6.30. The second-order valence-electron chi connectivity index (χ2n) is 7.75. The van der Waals surface area contributed by atoms with E-state index in [0.717, 1.165) is 44.3 Å². The molecule has 0 fully saturated rings. The van der Waals surface area contributed by atoms with E-state index in [2.05, 4.69) is 22.1 Å². The van der Waals surface area contributed by atoms with Crippen molar-refractivity contribution < 1.29 is 0 Å². The van der Waals surface area contributed by atoms with Crippen LogP contribution in [0.3, 0.4) is 0 Å². The van der Waals surface area contributed by atoms with Crippen molar-refractivity contribution in [2.24, 2.45) is 12.0 Å². The Hall–Kier alpha value is -4.39. The number of imidazole rings is 1. The molecule has 0 bridgehead atoms. The second kappa shape index (κ2) is 7.94. The molecular formula is C26H17ClN6. The monoisotopic (exact) mass is 448 g/mol. The molecule has 33 heavy (non-hydrogen) atoms. The zero-order chi connectivity index (χ0) is 23.1. The fraction of sp³-hybridized carbons (Fsp3) is 0.0769. The highest BCUT2D eigenvalue weighted by Gasteiger charge is 2.17. The van der Waals surface area contributed by atoms with Crippen LogP contribution in [0, 0.1) is 29.7 Å². The first-order valence-electron chi connectivity index (χ1n) is 10.2. The molecule has 0 unspecified atom stereocenters. The van der Waals surface area contributed by atoms with Crippen molar-refractivity contribution in [3.05, 3.63) is 88.6 Å². The number of nitrogens with zero attached hydrogens (tertiary/aromatic N) is 6. The van der Waals surface area contributed by atoms with Gasteiger partial charge in [0.15, 0.2) is 0 Å². The number of rotatable bonds is 2. The van der Waals surface area contributed by atoms with Gasteiger partial charge in [0.1, 0.15) is 0 Å². The maximum atomic E-state index is 9.49. The Kier molecular flexibility index (Phi) is 4.94. The van der Waals surface area contributed by atoms with E-state index in [0.29, 0.717) is 16.2 Å². The Morgan fingerprint density at radius 2 is 1.73 bits per heavy atom. The van der Waals surface area contributed by atoms with E-state index in [1.54, 1.807) is 12.3 Å². The normalized spacial score (nSPS) is 11.6. The Morgan fingerprint density at radius 1 is 0.970 bits per heavy atom. The first-order chi connectivity index (χ1) is 16.0. The number of nitriles is 2. The van der Waals surface area contributed by atoms with E-state index in [-0.39, 0.29) is 0 Å². The summed E-state index contributed by atoms with van der Waals surface area (Å²) in [6, 6.07) is 21.5. The van der Waals surface area contributed by atoms with Gasteiger partial charge in [-0.2, -0.15) is 10.5 Å². The number of pyridine rings is 1. The van der Waals surface area contributed by atoms with Gasteiger partial charge in [0.25, 0.3) is 0 Å². The summed E-state index contributed by atoms with van der Waals surface area (Å²) in [6.45, 7) is 1.97. The van der Waals surface area contributed by atoms with Crippen LogP contribution in [-0.4, -0.2) is 14.1 Å². The minimum Gasteiger partial charge on any atom is -0.311 e. The Balaban J connectivity index is 1.95. The van der Waals surface area contributed by atoms with Gasteiger partial charge < -0.3 is 4.57 Å². The molecular weight excluding hydrogens is 432 g/mol. The molecule has 158 valence electrons. The van der Waals surface area contributed by atoms with Gasteiger partial charge in [0.05, 0.1) is 40.1 Å². The molecule has 6 nitrogen and oxygen atoms in total. The number of fused-ring (bicyclic) bond motifs is 3. The van der Waals surface area contributed by atoms with Gasteiger partial charge in [-0.05, 0) is 60.0 Å². The average molecular weight is 449 g/mol. The summed E-state index contributed by atoms with van der Waals surface area (Å²) in [6.07, 6.45) is 3.71.